The van der Waals surface area contributed by atoms with Crippen LogP contribution in [0.4, 0.5) is 0 Å². The summed E-state index contributed by atoms with van der Waals surface area (Å²) in [4.78, 5) is 14.4. The van der Waals surface area contributed by atoms with Crippen molar-refractivity contribution in [3.05, 3.63) is 60.2 Å². The molecule has 0 bridgehead atoms. The number of rotatable bonds is 3. The second-order valence-electron chi connectivity index (χ2n) is 6.10. The number of hydrogen-bond acceptors (Lipinski definition) is 3. The fourth-order valence-electron chi connectivity index (χ4n) is 3.35. The number of nitrogens with zero attached hydrogens (tertiary/aromatic N) is 3. The molecule has 0 atom stereocenters. The molecule has 0 aromatic carbocycles. The summed E-state index contributed by atoms with van der Waals surface area (Å²) in [5, 5.41) is 1.22. The van der Waals surface area contributed by atoms with Gasteiger partial charge in [-0.05, 0) is 61.2 Å². The summed E-state index contributed by atoms with van der Waals surface area (Å²) in [5.41, 5.74) is 3.67. The quantitative estimate of drug-likeness (QED) is 0.805. The predicted octanol–water partition coefficient (Wildman–Crippen LogP) is 3.34. The van der Waals surface area contributed by atoms with Crippen molar-refractivity contribution in [3.8, 4) is 0 Å². The zero-order valence-electron chi connectivity index (χ0n) is 12.6. The van der Waals surface area contributed by atoms with Crippen LogP contribution in [-0.4, -0.2) is 32.9 Å². The van der Waals surface area contributed by atoms with Gasteiger partial charge in [-0.2, -0.15) is 0 Å². The first kappa shape index (κ1) is 13.5. The number of fused-ring (bicyclic) bond motifs is 1. The summed E-state index contributed by atoms with van der Waals surface area (Å²) in [7, 11) is 0. The van der Waals surface area contributed by atoms with Gasteiger partial charge < -0.3 is 4.98 Å². The lowest BCUT2D eigenvalue weighted by Gasteiger charge is -2.32. The number of piperidine rings is 1. The molecule has 0 spiro atoms. The van der Waals surface area contributed by atoms with Crippen molar-refractivity contribution < 1.29 is 0 Å². The number of H-pyrrole nitrogens is 1. The molecular formula is C18H20N4. The number of pyridine rings is 2. The maximum atomic E-state index is 4.53. The normalized spacial score (nSPS) is 17.1. The van der Waals surface area contributed by atoms with E-state index in [1.165, 1.54) is 29.4 Å². The molecule has 4 rings (SSSR count). The molecule has 1 fully saturated rings. The lowest BCUT2D eigenvalue weighted by molar-refractivity contribution is 0.204. The first-order valence-electron chi connectivity index (χ1n) is 7.93. The van der Waals surface area contributed by atoms with Gasteiger partial charge in [-0.15, -0.1) is 0 Å². The van der Waals surface area contributed by atoms with Crippen molar-refractivity contribution in [2.75, 3.05) is 13.1 Å². The zero-order valence-corrected chi connectivity index (χ0v) is 12.6. The Morgan fingerprint density at radius 1 is 1.18 bits per heavy atom. The SMILES string of the molecule is c1cncc(CN2CCC(c3cnc4[nH]ccc4c3)CC2)c1. The Kier molecular flexibility index (Phi) is 3.60. The maximum Gasteiger partial charge on any atom is 0.137 e. The summed E-state index contributed by atoms with van der Waals surface area (Å²) in [6.07, 6.45) is 10.2. The Balaban J connectivity index is 1.41. The van der Waals surface area contributed by atoms with Gasteiger partial charge in [0.1, 0.15) is 5.65 Å². The fraction of sp³-hybridized carbons (Fsp3) is 0.333. The minimum absolute atomic E-state index is 0.636. The number of hydrogen-bond donors (Lipinski definition) is 1. The van der Waals surface area contributed by atoms with E-state index in [0.29, 0.717) is 5.92 Å². The lowest BCUT2D eigenvalue weighted by Crippen LogP contribution is -2.32. The van der Waals surface area contributed by atoms with Crippen LogP contribution in [0.3, 0.4) is 0 Å². The predicted molar refractivity (Wildman–Crippen MR) is 87.6 cm³/mol. The van der Waals surface area contributed by atoms with E-state index < -0.39 is 0 Å². The van der Waals surface area contributed by atoms with Crippen molar-refractivity contribution >= 4 is 11.0 Å². The number of likely N-dealkylation sites (tertiary alicyclic amines) is 1. The van der Waals surface area contributed by atoms with Crippen LogP contribution in [0.25, 0.3) is 11.0 Å². The highest BCUT2D eigenvalue weighted by Crippen LogP contribution is 2.29. The summed E-state index contributed by atoms with van der Waals surface area (Å²) >= 11 is 0. The summed E-state index contributed by atoms with van der Waals surface area (Å²) in [6.45, 7) is 3.30. The highest BCUT2D eigenvalue weighted by Gasteiger charge is 2.21. The van der Waals surface area contributed by atoms with Crippen LogP contribution in [0.2, 0.25) is 0 Å². The highest BCUT2D eigenvalue weighted by molar-refractivity contribution is 5.75. The van der Waals surface area contributed by atoms with Gasteiger partial charge in [0.15, 0.2) is 0 Å². The zero-order chi connectivity index (χ0) is 14.8. The van der Waals surface area contributed by atoms with E-state index in [2.05, 4.69) is 38.1 Å². The number of nitrogens with one attached hydrogen (secondary N) is 1. The molecule has 3 aromatic heterocycles. The first-order valence-corrected chi connectivity index (χ1v) is 7.93. The molecule has 4 heteroatoms. The molecule has 4 nitrogen and oxygen atoms in total. The van der Waals surface area contributed by atoms with Gasteiger partial charge in [0, 0.05) is 36.7 Å². The molecule has 112 valence electrons. The summed E-state index contributed by atoms with van der Waals surface area (Å²) in [5.74, 6) is 0.636. The molecule has 1 N–H and O–H groups in total. The first-order chi connectivity index (χ1) is 10.9. The second kappa shape index (κ2) is 5.89. The van der Waals surface area contributed by atoms with Crippen LogP contribution in [0.15, 0.2) is 49.1 Å². The lowest BCUT2D eigenvalue weighted by atomic mass is 9.90. The van der Waals surface area contributed by atoms with Crippen molar-refractivity contribution in [2.24, 2.45) is 0 Å². The van der Waals surface area contributed by atoms with Gasteiger partial charge in [-0.3, -0.25) is 9.88 Å². The van der Waals surface area contributed by atoms with Gasteiger partial charge in [0.2, 0.25) is 0 Å². The van der Waals surface area contributed by atoms with Gasteiger partial charge in [0.25, 0.3) is 0 Å². The Labute approximate surface area is 130 Å². The molecule has 0 unspecified atom stereocenters. The molecule has 0 amide bonds. The third kappa shape index (κ3) is 2.74. The third-order valence-electron chi connectivity index (χ3n) is 4.61. The molecule has 22 heavy (non-hydrogen) atoms. The van der Waals surface area contributed by atoms with Gasteiger partial charge in [-0.25, -0.2) is 4.98 Å². The van der Waals surface area contributed by atoms with Crippen LogP contribution in [0.5, 0.6) is 0 Å². The fourth-order valence-corrected chi connectivity index (χ4v) is 3.35. The Morgan fingerprint density at radius 2 is 2.09 bits per heavy atom. The topological polar surface area (TPSA) is 44.8 Å². The molecule has 1 aliphatic rings. The summed E-state index contributed by atoms with van der Waals surface area (Å²) in [6, 6.07) is 8.56. The Hall–Kier alpha value is -2.20. The Bertz CT molecular complexity index is 742. The smallest absolute Gasteiger partial charge is 0.137 e. The van der Waals surface area contributed by atoms with Crippen molar-refractivity contribution in [2.45, 2.75) is 25.3 Å². The minimum Gasteiger partial charge on any atom is -0.346 e. The Morgan fingerprint density at radius 3 is 2.91 bits per heavy atom. The van der Waals surface area contributed by atoms with Crippen molar-refractivity contribution in [1.29, 1.82) is 0 Å². The van der Waals surface area contributed by atoms with Crippen LogP contribution >= 0.6 is 0 Å². The monoisotopic (exact) mass is 292 g/mol. The van der Waals surface area contributed by atoms with E-state index in [4.69, 9.17) is 0 Å². The van der Waals surface area contributed by atoms with Crippen molar-refractivity contribution in [3.63, 3.8) is 0 Å². The van der Waals surface area contributed by atoms with Gasteiger partial charge >= 0.3 is 0 Å². The molecule has 4 heterocycles. The average molecular weight is 292 g/mol. The standard InChI is InChI=1S/C18H20N4/c1-2-14(11-19-6-1)13-22-8-4-15(5-9-22)17-10-16-3-7-20-18(16)21-12-17/h1-3,6-7,10-12,15H,4-5,8-9,13H2,(H,20,21). The number of aromatic nitrogens is 3. The summed E-state index contributed by atoms with van der Waals surface area (Å²) < 4.78 is 0. The van der Waals surface area contributed by atoms with Crippen LogP contribution in [0.1, 0.15) is 29.9 Å². The van der Waals surface area contributed by atoms with Crippen LogP contribution in [0, 0.1) is 0 Å². The molecular weight excluding hydrogens is 272 g/mol. The average Bonchev–Trinajstić information content (AvgIpc) is 3.04. The second-order valence-corrected chi connectivity index (χ2v) is 6.10. The van der Waals surface area contributed by atoms with Gasteiger partial charge in [0.05, 0.1) is 0 Å². The number of aromatic amines is 1. The molecule has 0 radical (unpaired) electrons. The molecule has 0 saturated carbocycles. The minimum atomic E-state index is 0.636. The van der Waals surface area contributed by atoms with Crippen LogP contribution in [-0.2, 0) is 6.54 Å². The van der Waals surface area contributed by atoms with Gasteiger partial charge in [-0.1, -0.05) is 6.07 Å². The molecule has 1 aliphatic heterocycles. The molecule has 3 aromatic rings. The van der Waals surface area contributed by atoms with E-state index in [9.17, 15) is 0 Å². The van der Waals surface area contributed by atoms with E-state index in [0.717, 1.165) is 25.3 Å². The van der Waals surface area contributed by atoms with E-state index >= 15 is 0 Å². The largest absolute Gasteiger partial charge is 0.346 e. The molecule has 0 aliphatic carbocycles. The molecule has 1 saturated heterocycles. The van der Waals surface area contributed by atoms with Crippen molar-refractivity contribution in [1.82, 2.24) is 19.9 Å². The van der Waals surface area contributed by atoms with E-state index in [1.54, 1.807) is 0 Å². The maximum absolute atomic E-state index is 4.53. The van der Waals surface area contributed by atoms with E-state index in [1.807, 2.05) is 30.9 Å². The third-order valence-corrected chi connectivity index (χ3v) is 4.61. The highest BCUT2D eigenvalue weighted by atomic mass is 15.1. The van der Waals surface area contributed by atoms with E-state index in [-0.39, 0.29) is 0 Å². The van der Waals surface area contributed by atoms with Crippen LogP contribution < -0.4 is 0 Å².